The number of nitrogens with one attached hydrogen (secondary N) is 2. The molecule has 28 heavy (non-hydrogen) atoms. The number of nitrogens with two attached hydrogens (primary N) is 1. The molecule has 3 rings (SSSR count). The number of primary sulfonamides is 1. The molecule has 1 aromatic heterocycles. The first-order valence-electron chi connectivity index (χ1n) is 8.54. The van der Waals surface area contributed by atoms with Gasteiger partial charge in [0.25, 0.3) is 0 Å². The van der Waals surface area contributed by atoms with Crippen LogP contribution < -0.4 is 20.5 Å². The second-order valence-electron chi connectivity index (χ2n) is 5.96. The van der Waals surface area contributed by atoms with Gasteiger partial charge in [-0.3, -0.25) is 0 Å². The predicted octanol–water partition coefficient (Wildman–Crippen LogP) is 2.53. The van der Waals surface area contributed by atoms with Crippen molar-refractivity contribution in [3.05, 3.63) is 66.4 Å². The van der Waals surface area contributed by atoms with Crippen LogP contribution in [0.4, 0.5) is 17.5 Å². The summed E-state index contributed by atoms with van der Waals surface area (Å²) in [7, 11) is -2.06. The molecule has 8 nitrogen and oxygen atoms in total. The summed E-state index contributed by atoms with van der Waals surface area (Å²) in [5, 5.41) is 11.5. The Labute approximate surface area is 163 Å². The van der Waals surface area contributed by atoms with Crippen LogP contribution in [0.25, 0.3) is 0 Å². The van der Waals surface area contributed by atoms with Crippen molar-refractivity contribution < 1.29 is 13.2 Å². The number of para-hydroxylation sites is 2. The van der Waals surface area contributed by atoms with E-state index in [9.17, 15) is 8.42 Å². The molecule has 0 saturated carbocycles. The zero-order valence-corrected chi connectivity index (χ0v) is 16.1. The van der Waals surface area contributed by atoms with Gasteiger partial charge in [0.2, 0.25) is 16.0 Å². The van der Waals surface area contributed by atoms with Gasteiger partial charge in [-0.15, -0.1) is 0 Å². The minimum absolute atomic E-state index is 0.104. The van der Waals surface area contributed by atoms with E-state index in [1.165, 1.54) is 12.1 Å². The summed E-state index contributed by atoms with van der Waals surface area (Å²) >= 11 is 0. The van der Waals surface area contributed by atoms with Gasteiger partial charge < -0.3 is 15.4 Å². The maximum atomic E-state index is 11.3. The standard InChI is InChI=1S/C19H21N5O3S/c1-27-17-5-3-2-4-16(17)23-19-22-13-11-18(24-19)21-12-10-14-6-8-15(9-7-14)28(20,25)26/h2-9,11,13H,10,12H2,1H3,(H2,20,25,26)(H2,21,22,23,24). The first kappa shape index (κ1) is 19.6. The van der Waals surface area contributed by atoms with E-state index in [4.69, 9.17) is 9.88 Å². The van der Waals surface area contributed by atoms with E-state index < -0.39 is 10.0 Å². The number of nitrogens with zero attached hydrogens (tertiary/aromatic N) is 2. The number of anilines is 3. The highest BCUT2D eigenvalue weighted by atomic mass is 32.2. The van der Waals surface area contributed by atoms with Gasteiger partial charge in [-0.2, -0.15) is 4.98 Å². The number of methoxy groups -OCH3 is 1. The lowest BCUT2D eigenvalue weighted by Gasteiger charge is -2.11. The van der Waals surface area contributed by atoms with Crippen molar-refractivity contribution in [1.29, 1.82) is 0 Å². The number of aromatic nitrogens is 2. The molecule has 0 saturated heterocycles. The fraction of sp³-hybridized carbons (Fsp3) is 0.158. The van der Waals surface area contributed by atoms with Crippen LogP contribution in [0.3, 0.4) is 0 Å². The number of benzene rings is 2. The molecule has 3 aromatic rings. The zero-order valence-electron chi connectivity index (χ0n) is 15.3. The molecule has 2 aromatic carbocycles. The molecule has 0 fully saturated rings. The van der Waals surface area contributed by atoms with Crippen molar-refractivity contribution in [2.75, 3.05) is 24.3 Å². The third kappa shape index (κ3) is 5.18. The molecule has 0 aliphatic rings. The largest absolute Gasteiger partial charge is 0.495 e. The number of sulfonamides is 1. The van der Waals surface area contributed by atoms with Crippen LogP contribution in [0.2, 0.25) is 0 Å². The second-order valence-corrected chi connectivity index (χ2v) is 7.52. The lowest BCUT2D eigenvalue weighted by atomic mass is 10.1. The van der Waals surface area contributed by atoms with Crippen molar-refractivity contribution >= 4 is 27.5 Å². The quantitative estimate of drug-likeness (QED) is 0.532. The van der Waals surface area contributed by atoms with Crippen molar-refractivity contribution in [2.45, 2.75) is 11.3 Å². The predicted molar refractivity (Wildman–Crippen MR) is 108 cm³/mol. The van der Waals surface area contributed by atoms with E-state index in [0.29, 0.717) is 30.5 Å². The summed E-state index contributed by atoms with van der Waals surface area (Å²) in [6.45, 7) is 0.625. The Morgan fingerprint density at radius 1 is 1.07 bits per heavy atom. The van der Waals surface area contributed by atoms with Crippen LogP contribution in [0.1, 0.15) is 5.56 Å². The topological polar surface area (TPSA) is 119 Å². The molecule has 0 spiro atoms. The maximum absolute atomic E-state index is 11.3. The van der Waals surface area contributed by atoms with Crippen LogP contribution in [0, 0.1) is 0 Å². The second kappa shape index (κ2) is 8.68. The molecule has 4 N–H and O–H groups in total. The highest BCUT2D eigenvalue weighted by Gasteiger charge is 2.07. The summed E-state index contributed by atoms with van der Waals surface area (Å²) in [5.74, 6) is 1.83. The number of ether oxygens (including phenoxy) is 1. The molecule has 9 heteroatoms. The van der Waals surface area contributed by atoms with Crippen LogP contribution in [-0.4, -0.2) is 32.0 Å². The highest BCUT2D eigenvalue weighted by Crippen LogP contribution is 2.25. The van der Waals surface area contributed by atoms with Gasteiger partial charge in [0, 0.05) is 12.7 Å². The Bertz CT molecular complexity index is 1040. The van der Waals surface area contributed by atoms with E-state index >= 15 is 0 Å². The average molecular weight is 399 g/mol. The average Bonchev–Trinajstić information content (AvgIpc) is 2.68. The van der Waals surface area contributed by atoms with Crippen LogP contribution >= 0.6 is 0 Å². The van der Waals surface area contributed by atoms with Crippen LogP contribution in [0.15, 0.2) is 65.7 Å². The summed E-state index contributed by atoms with van der Waals surface area (Å²) in [4.78, 5) is 8.76. The zero-order chi connectivity index (χ0) is 20.0. The Balaban J connectivity index is 1.59. The van der Waals surface area contributed by atoms with Crippen LogP contribution in [0.5, 0.6) is 5.75 Å². The monoisotopic (exact) mass is 399 g/mol. The van der Waals surface area contributed by atoms with Gasteiger partial charge in [-0.25, -0.2) is 18.5 Å². The molecule has 0 bridgehead atoms. The first-order valence-corrected chi connectivity index (χ1v) is 10.1. The Hall–Kier alpha value is -3.17. The molecule has 0 atom stereocenters. The van der Waals surface area contributed by atoms with Gasteiger partial charge >= 0.3 is 0 Å². The number of hydrogen-bond acceptors (Lipinski definition) is 7. The van der Waals surface area contributed by atoms with Crippen molar-refractivity contribution in [1.82, 2.24) is 9.97 Å². The molecular formula is C19H21N5O3S. The molecule has 0 aliphatic heterocycles. The van der Waals surface area contributed by atoms with Crippen molar-refractivity contribution in [3.63, 3.8) is 0 Å². The SMILES string of the molecule is COc1ccccc1Nc1nccc(NCCc2ccc(S(N)(=O)=O)cc2)n1. The minimum atomic E-state index is -3.67. The Morgan fingerprint density at radius 2 is 1.82 bits per heavy atom. The van der Waals surface area contributed by atoms with Gasteiger partial charge in [0.1, 0.15) is 11.6 Å². The summed E-state index contributed by atoms with van der Waals surface area (Å²) < 4.78 is 27.9. The summed E-state index contributed by atoms with van der Waals surface area (Å²) in [5.41, 5.74) is 1.76. The van der Waals surface area contributed by atoms with E-state index in [-0.39, 0.29) is 4.90 Å². The molecule has 1 heterocycles. The van der Waals surface area contributed by atoms with Gasteiger partial charge in [-0.05, 0) is 42.3 Å². The first-order chi connectivity index (χ1) is 13.5. The van der Waals surface area contributed by atoms with E-state index in [2.05, 4.69) is 20.6 Å². The number of hydrogen-bond donors (Lipinski definition) is 3. The third-order valence-corrected chi connectivity index (χ3v) is 4.91. The molecule has 0 unspecified atom stereocenters. The van der Waals surface area contributed by atoms with E-state index in [1.54, 1.807) is 31.5 Å². The van der Waals surface area contributed by atoms with Crippen molar-refractivity contribution in [2.24, 2.45) is 5.14 Å². The lowest BCUT2D eigenvalue weighted by Crippen LogP contribution is -2.12. The van der Waals surface area contributed by atoms with Gasteiger partial charge in [0.05, 0.1) is 17.7 Å². The summed E-state index contributed by atoms with van der Waals surface area (Å²) in [6, 6.07) is 15.8. The molecule has 0 amide bonds. The maximum Gasteiger partial charge on any atom is 0.238 e. The van der Waals surface area contributed by atoms with Crippen LogP contribution in [-0.2, 0) is 16.4 Å². The van der Waals surface area contributed by atoms with Crippen molar-refractivity contribution in [3.8, 4) is 5.75 Å². The molecule has 146 valence electrons. The smallest absolute Gasteiger partial charge is 0.238 e. The van der Waals surface area contributed by atoms with E-state index in [1.807, 2.05) is 24.3 Å². The number of rotatable bonds is 8. The Kier molecular flexibility index (Phi) is 6.07. The molecular weight excluding hydrogens is 378 g/mol. The van der Waals surface area contributed by atoms with Gasteiger partial charge in [0.15, 0.2) is 0 Å². The third-order valence-electron chi connectivity index (χ3n) is 3.98. The molecule has 0 radical (unpaired) electrons. The fourth-order valence-corrected chi connectivity index (χ4v) is 3.08. The summed E-state index contributed by atoms with van der Waals surface area (Å²) in [6.07, 6.45) is 2.36. The highest BCUT2D eigenvalue weighted by molar-refractivity contribution is 7.89. The minimum Gasteiger partial charge on any atom is -0.495 e. The molecule has 0 aliphatic carbocycles. The Morgan fingerprint density at radius 3 is 2.54 bits per heavy atom. The fourth-order valence-electron chi connectivity index (χ4n) is 2.57. The van der Waals surface area contributed by atoms with E-state index in [0.717, 1.165) is 11.3 Å². The van der Waals surface area contributed by atoms with Gasteiger partial charge in [-0.1, -0.05) is 24.3 Å². The normalized spacial score (nSPS) is 11.1. The lowest BCUT2D eigenvalue weighted by molar-refractivity contribution is 0.417.